The molecule has 0 bridgehead atoms. The summed E-state index contributed by atoms with van der Waals surface area (Å²) >= 11 is 0. The number of nitrogens with one attached hydrogen (secondary N) is 1. The lowest BCUT2D eigenvalue weighted by Gasteiger charge is -2.34. The standard InChI is InChI=1S/C16H25N3O2/c17-12-14-6-4-5-10-19(14)13-16(20)18-9-11-21-15-7-2-1-3-8-15/h1-3,7-8,14H,4-6,9-13,17H2,(H,18,20). The molecule has 1 aliphatic rings. The molecular formula is C16H25N3O2. The minimum Gasteiger partial charge on any atom is -0.492 e. The van der Waals surface area contributed by atoms with Gasteiger partial charge < -0.3 is 15.8 Å². The van der Waals surface area contributed by atoms with Gasteiger partial charge in [-0.3, -0.25) is 9.69 Å². The fraction of sp³-hybridized carbons (Fsp3) is 0.562. The Balaban J connectivity index is 1.63. The van der Waals surface area contributed by atoms with Gasteiger partial charge in [0.2, 0.25) is 5.91 Å². The number of nitrogens with two attached hydrogens (primary N) is 1. The van der Waals surface area contributed by atoms with Crippen molar-refractivity contribution in [2.45, 2.75) is 25.3 Å². The highest BCUT2D eigenvalue weighted by Gasteiger charge is 2.22. The number of para-hydroxylation sites is 1. The van der Waals surface area contributed by atoms with E-state index < -0.39 is 0 Å². The van der Waals surface area contributed by atoms with Crippen LogP contribution in [0.4, 0.5) is 0 Å². The van der Waals surface area contributed by atoms with Crippen molar-refractivity contribution in [3.8, 4) is 5.75 Å². The number of ether oxygens (including phenoxy) is 1. The Hall–Kier alpha value is -1.59. The molecule has 1 amide bonds. The van der Waals surface area contributed by atoms with E-state index in [0.29, 0.717) is 32.3 Å². The predicted octanol–water partition coefficient (Wildman–Crippen LogP) is 0.995. The highest BCUT2D eigenvalue weighted by molar-refractivity contribution is 5.78. The van der Waals surface area contributed by atoms with Gasteiger partial charge in [0, 0.05) is 12.6 Å². The summed E-state index contributed by atoms with van der Waals surface area (Å²) < 4.78 is 5.54. The van der Waals surface area contributed by atoms with Gasteiger partial charge in [-0.15, -0.1) is 0 Å². The molecule has 1 aromatic rings. The molecule has 3 N–H and O–H groups in total. The summed E-state index contributed by atoms with van der Waals surface area (Å²) in [6, 6.07) is 9.96. The number of amides is 1. The van der Waals surface area contributed by atoms with Crippen LogP contribution in [0.25, 0.3) is 0 Å². The topological polar surface area (TPSA) is 67.6 Å². The molecule has 21 heavy (non-hydrogen) atoms. The maximum Gasteiger partial charge on any atom is 0.234 e. The number of rotatable bonds is 7. The van der Waals surface area contributed by atoms with Gasteiger partial charge >= 0.3 is 0 Å². The number of nitrogens with zero attached hydrogens (tertiary/aromatic N) is 1. The number of piperidine rings is 1. The molecule has 0 aliphatic carbocycles. The number of hydrogen-bond donors (Lipinski definition) is 2. The predicted molar refractivity (Wildman–Crippen MR) is 83.2 cm³/mol. The fourth-order valence-electron chi connectivity index (χ4n) is 2.65. The van der Waals surface area contributed by atoms with Gasteiger partial charge in [0.1, 0.15) is 12.4 Å². The summed E-state index contributed by atoms with van der Waals surface area (Å²) in [5.41, 5.74) is 5.76. The molecule has 1 heterocycles. The summed E-state index contributed by atoms with van der Waals surface area (Å²) in [7, 11) is 0. The van der Waals surface area contributed by atoms with Crippen molar-refractivity contribution in [2.75, 3.05) is 32.8 Å². The molecule has 5 heteroatoms. The van der Waals surface area contributed by atoms with Crippen LogP contribution in [-0.4, -0.2) is 49.6 Å². The van der Waals surface area contributed by atoms with Crippen molar-refractivity contribution >= 4 is 5.91 Å². The first-order valence-corrected chi connectivity index (χ1v) is 7.68. The Morgan fingerprint density at radius 1 is 1.33 bits per heavy atom. The Bertz CT molecular complexity index is 425. The Kier molecular flexibility index (Phi) is 6.50. The number of carbonyl (C=O) groups excluding carboxylic acids is 1. The van der Waals surface area contributed by atoms with E-state index in [4.69, 9.17) is 10.5 Å². The molecule has 1 fully saturated rings. The summed E-state index contributed by atoms with van der Waals surface area (Å²) in [5.74, 6) is 0.873. The lowest BCUT2D eigenvalue weighted by molar-refractivity contribution is -0.123. The number of carbonyl (C=O) groups is 1. The van der Waals surface area contributed by atoms with Crippen LogP contribution in [0.5, 0.6) is 5.75 Å². The van der Waals surface area contributed by atoms with E-state index >= 15 is 0 Å². The quantitative estimate of drug-likeness (QED) is 0.735. The van der Waals surface area contributed by atoms with Crippen molar-refractivity contribution in [1.82, 2.24) is 10.2 Å². The molecule has 0 radical (unpaired) electrons. The molecule has 0 aromatic heterocycles. The van der Waals surface area contributed by atoms with Crippen LogP contribution in [-0.2, 0) is 4.79 Å². The number of benzene rings is 1. The van der Waals surface area contributed by atoms with Crippen LogP contribution >= 0.6 is 0 Å². The summed E-state index contributed by atoms with van der Waals surface area (Å²) in [5, 5.41) is 2.90. The van der Waals surface area contributed by atoms with Crippen LogP contribution in [0.2, 0.25) is 0 Å². The molecule has 0 spiro atoms. The molecule has 2 rings (SSSR count). The van der Waals surface area contributed by atoms with Crippen LogP contribution in [0.3, 0.4) is 0 Å². The van der Waals surface area contributed by atoms with E-state index in [2.05, 4.69) is 10.2 Å². The average Bonchev–Trinajstić information content (AvgIpc) is 2.53. The van der Waals surface area contributed by atoms with E-state index in [0.717, 1.165) is 25.1 Å². The lowest BCUT2D eigenvalue weighted by atomic mass is 10.0. The van der Waals surface area contributed by atoms with Gasteiger partial charge in [0.05, 0.1) is 13.1 Å². The Morgan fingerprint density at radius 3 is 2.90 bits per heavy atom. The van der Waals surface area contributed by atoms with Gasteiger partial charge in [0.15, 0.2) is 0 Å². The highest BCUT2D eigenvalue weighted by Crippen LogP contribution is 2.15. The van der Waals surface area contributed by atoms with Crippen molar-refractivity contribution in [2.24, 2.45) is 5.73 Å². The van der Waals surface area contributed by atoms with E-state index in [1.807, 2.05) is 30.3 Å². The molecule has 1 unspecified atom stereocenters. The molecule has 0 saturated carbocycles. The van der Waals surface area contributed by atoms with E-state index in [1.165, 1.54) is 6.42 Å². The van der Waals surface area contributed by atoms with Crippen molar-refractivity contribution in [3.05, 3.63) is 30.3 Å². The van der Waals surface area contributed by atoms with Crippen molar-refractivity contribution < 1.29 is 9.53 Å². The maximum atomic E-state index is 11.9. The Labute approximate surface area is 126 Å². The third-order valence-electron chi connectivity index (χ3n) is 3.80. The third-order valence-corrected chi connectivity index (χ3v) is 3.80. The minimum atomic E-state index is 0.0482. The Morgan fingerprint density at radius 2 is 2.14 bits per heavy atom. The van der Waals surface area contributed by atoms with Crippen molar-refractivity contribution in [1.29, 1.82) is 0 Å². The highest BCUT2D eigenvalue weighted by atomic mass is 16.5. The molecular weight excluding hydrogens is 266 g/mol. The zero-order valence-electron chi connectivity index (χ0n) is 12.5. The zero-order valence-corrected chi connectivity index (χ0v) is 12.5. The van der Waals surface area contributed by atoms with Crippen LogP contribution in [0.1, 0.15) is 19.3 Å². The largest absolute Gasteiger partial charge is 0.492 e. The van der Waals surface area contributed by atoms with Crippen molar-refractivity contribution in [3.63, 3.8) is 0 Å². The van der Waals surface area contributed by atoms with Gasteiger partial charge in [-0.25, -0.2) is 0 Å². The van der Waals surface area contributed by atoms with Gasteiger partial charge in [0.25, 0.3) is 0 Å². The smallest absolute Gasteiger partial charge is 0.234 e. The SMILES string of the molecule is NCC1CCCCN1CC(=O)NCCOc1ccccc1. The zero-order chi connectivity index (χ0) is 14.9. The second-order valence-corrected chi connectivity index (χ2v) is 5.37. The summed E-state index contributed by atoms with van der Waals surface area (Å²) in [6.07, 6.45) is 3.46. The second kappa shape index (κ2) is 8.64. The lowest BCUT2D eigenvalue weighted by Crippen LogP contribution is -2.48. The van der Waals surface area contributed by atoms with Crippen LogP contribution < -0.4 is 15.8 Å². The van der Waals surface area contributed by atoms with Gasteiger partial charge in [-0.05, 0) is 31.5 Å². The average molecular weight is 291 g/mol. The minimum absolute atomic E-state index is 0.0482. The molecule has 1 aromatic carbocycles. The number of likely N-dealkylation sites (tertiary alicyclic amines) is 1. The maximum absolute atomic E-state index is 11.9. The normalized spacial score (nSPS) is 19.2. The first-order chi connectivity index (χ1) is 10.3. The summed E-state index contributed by atoms with van der Waals surface area (Å²) in [6.45, 7) is 3.04. The molecule has 1 aliphatic heterocycles. The first kappa shape index (κ1) is 15.8. The number of hydrogen-bond acceptors (Lipinski definition) is 4. The van der Waals surface area contributed by atoms with Crippen LogP contribution in [0.15, 0.2) is 30.3 Å². The van der Waals surface area contributed by atoms with Gasteiger partial charge in [-0.1, -0.05) is 24.6 Å². The summed E-state index contributed by atoms with van der Waals surface area (Å²) in [4.78, 5) is 14.1. The molecule has 1 saturated heterocycles. The van der Waals surface area contributed by atoms with E-state index in [1.54, 1.807) is 0 Å². The second-order valence-electron chi connectivity index (χ2n) is 5.37. The van der Waals surface area contributed by atoms with Gasteiger partial charge in [-0.2, -0.15) is 0 Å². The molecule has 5 nitrogen and oxygen atoms in total. The van der Waals surface area contributed by atoms with E-state index in [-0.39, 0.29) is 5.91 Å². The van der Waals surface area contributed by atoms with Crippen LogP contribution in [0, 0.1) is 0 Å². The fourth-order valence-corrected chi connectivity index (χ4v) is 2.65. The van der Waals surface area contributed by atoms with E-state index in [9.17, 15) is 4.79 Å². The molecule has 1 atom stereocenters. The first-order valence-electron chi connectivity index (χ1n) is 7.68. The molecule has 116 valence electrons. The monoisotopic (exact) mass is 291 g/mol. The third kappa shape index (κ3) is 5.36.